The van der Waals surface area contributed by atoms with Crippen molar-refractivity contribution in [1.29, 1.82) is 0 Å². The zero-order valence-corrected chi connectivity index (χ0v) is 6.93. The second-order valence-corrected chi connectivity index (χ2v) is 2.60. The van der Waals surface area contributed by atoms with E-state index < -0.39 is 17.5 Å². The van der Waals surface area contributed by atoms with Crippen LogP contribution in [0.3, 0.4) is 0 Å². The molecule has 0 fully saturated rings. The lowest BCUT2D eigenvalue weighted by Gasteiger charge is -2.34. The Balaban J connectivity index is 4.83. The van der Waals surface area contributed by atoms with Gasteiger partial charge in [-0.25, -0.2) is 0 Å². The van der Waals surface area contributed by atoms with Gasteiger partial charge < -0.3 is 15.0 Å². The number of carboxylic acid groups (broad SMARTS) is 1. The number of alkyl halides is 2. The fraction of sp³-hybridized carbons (Fsp3) is 0.857. The highest BCUT2D eigenvalue weighted by Gasteiger charge is 2.51. The fourth-order valence-electron chi connectivity index (χ4n) is 0.884. The summed E-state index contributed by atoms with van der Waals surface area (Å²) in [6.07, 6.45) is -0.658. The van der Waals surface area contributed by atoms with Crippen LogP contribution >= 0.6 is 0 Å². The largest absolute Gasteiger partial charge is 0.544 e. The third-order valence-electron chi connectivity index (χ3n) is 2.01. The van der Waals surface area contributed by atoms with Crippen LogP contribution in [0.15, 0.2) is 0 Å². The van der Waals surface area contributed by atoms with Gasteiger partial charge in [-0.3, -0.25) is 0 Å². The van der Waals surface area contributed by atoms with E-state index in [4.69, 9.17) is 5.11 Å². The lowest BCUT2D eigenvalue weighted by Crippen LogP contribution is -2.57. The molecule has 0 saturated carbocycles. The van der Waals surface area contributed by atoms with Crippen molar-refractivity contribution in [2.75, 3.05) is 0 Å². The first-order chi connectivity index (χ1) is 5.31. The highest BCUT2D eigenvalue weighted by molar-refractivity contribution is 5.74. The molecule has 12 heavy (non-hydrogen) atoms. The van der Waals surface area contributed by atoms with Crippen LogP contribution in [0.5, 0.6) is 0 Å². The molecule has 5 heteroatoms. The Morgan fingerprint density at radius 2 is 1.75 bits per heavy atom. The molecule has 0 aliphatic rings. The van der Waals surface area contributed by atoms with Crippen molar-refractivity contribution in [3.63, 3.8) is 0 Å². The predicted molar refractivity (Wildman–Crippen MR) is 35.5 cm³/mol. The number of rotatable bonds is 4. The summed E-state index contributed by atoms with van der Waals surface area (Å²) >= 11 is 0. The number of carbonyl (C=O) groups excluding carboxylic acids is 1. The Morgan fingerprint density at radius 1 is 1.42 bits per heavy atom. The van der Waals surface area contributed by atoms with Crippen LogP contribution in [0.4, 0.5) is 8.78 Å². The molecule has 0 spiro atoms. The number of halogens is 2. The van der Waals surface area contributed by atoms with E-state index in [1.165, 1.54) is 13.8 Å². The van der Waals surface area contributed by atoms with Gasteiger partial charge in [0.25, 0.3) is 0 Å². The van der Waals surface area contributed by atoms with E-state index in [2.05, 4.69) is 0 Å². The molecule has 1 N–H and O–H groups in total. The highest BCUT2D eigenvalue weighted by atomic mass is 19.3. The molecular weight excluding hydrogens is 170 g/mol. The number of carboxylic acids is 1. The molecule has 0 heterocycles. The molecule has 0 bridgehead atoms. The van der Waals surface area contributed by atoms with E-state index in [9.17, 15) is 18.7 Å². The highest BCUT2D eigenvalue weighted by Crippen LogP contribution is 2.33. The van der Waals surface area contributed by atoms with E-state index >= 15 is 0 Å². The Labute approximate surface area is 69.0 Å². The second kappa shape index (κ2) is 3.35. The number of hydrogen-bond donors (Lipinski definition) is 1. The van der Waals surface area contributed by atoms with Crippen LogP contribution in [0.25, 0.3) is 0 Å². The number of hydrogen-bond acceptors (Lipinski definition) is 3. The molecule has 0 aromatic heterocycles. The van der Waals surface area contributed by atoms with Gasteiger partial charge in [0.1, 0.15) is 11.6 Å². The molecule has 0 aliphatic carbocycles. The van der Waals surface area contributed by atoms with Crippen LogP contribution in [-0.2, 0) is 4.79 Å². The van der Waals surface area contributed by atoms with Gasteiger partial charge in [-0.05, 0) is 12.8 Å². The van der Waals surface area contributed by atoms with Crippen molar-refractivity contribution in [1.82, 2.24) is 0 Å². The van der Waals surface area contributed by atoms with Gasteiger partial charge in [0.05, 0.1) is 0 Å². The van der Waals surface area contributed by atoms with Crippen molar-refractivity contribution in [2.45, 2.75) is 38.2 Å². The molecule has 0 amide bonds. The maximum absolute atomic E-state index is 12.7. The summed E-state index contributed by atoms with van der Waals surface area (Å²) in [6.45, 7) is 2.58. The number of aliphatic carboxylic acids is 1. The van der Waals surface area contributed by atoms with E-state index in [-0.39, 0.29) is 12.8 Å². The topological polar surface area (TPSA) is 60.4 Å². The molecule has 0 radical (unpaired) electrons. The molecule has 72 valence electrons. The van der Waals surface area contributed by atoms with Crippen LogP contribution in [0, 0.1) is 0 Å². The summed E-state index contributed by atoms with van der Waals surface area (Å²) in [5.74, 6) is -6.72. The Hall–Kier alpha value is -0.710. The first-order valence-corrected chi connectivity index (χ1v) is 3.63. The molecule has 0 unspecified atom stereocenters. The molecule has 0 aliphatic heterocycles. The molecule has 0 aromatic carbocycles. The van der Waals surface area contributed by atoms with Gasteiger partial charge in [0.2, 0.25) is 0 Å². The minimum atomic E-state index is -4.18. The van der Waals surface area contributed by atoms with Gasteiger partial charge in [0.15, 0.2) is 0 Å². The average molecular weight is 181 g/mol. The average Bonchev–Trinajstić information content (AvgIpc) is 2.02. The lowest BCUT2D eigenvalue weighted by molar-refractivity contribution is -0.344. The van der Waals surface area contributed by atoms with Crippen molar-refractivity contribution in [3.8, 4) is 0 Å². The lowest BCUT2D eigenvalue weighted by atomic mass is 9.90. The first kappa shape index (κ1) is 11.3. The van der Waals surface area contributed by atoms with Crippen LogP contribution in [0.2, 0.25) is 0 Å². The molecule has 0 aromatic rings. The zero-order chi connectivity index (χ0) is 9.99. The summed E-state index contributed by atoms with van der Waals surface area (Å²) < 4.78 is 25.4. The third-order valence-corrected chi connectivity index (χ3v) is 2.01. The Morgan fingerprint density at radius 3 is 1.83 bits per heavy atom. The Bertz CT molecular complexity index is 175. The molecular formula is C7H11F2O3-. The van der Waals surface area contributed by atoms with Gasteiger partial charge in [-0.2, -0.15) is 8.78 Å². The van der Waals surface area contributed by atoms with Crippen molar-refractivity contribution < 1.29 is 23.8 Å². The summed E-state index contributed by atoms with van der Waals surface area (Å²) in [5, 5.41) is 19.1. The van der Waals surface area contributed by atoms with Gasteiger partial charge in [-0.1, -0.05) is 13.8 Å². The van der Waals surface area contributed by atoms with Gasteiger partial charge >= 0.3 is 5.92 Å². The Kier molecular flexibility index (Phi) is 3.15. The van der Waals surface area contributed by atoms with Crippen molar-refractivity contribution in [2.24, 2.45) is 0 Å². The summed E-state index contributed by atoms with van der Waals surface area (Å²) in [4.78, 5) is 9.96. The fourth-order valence-corrected chi connectivity index (χ4v) is 0.884. The molecule has 0 atom stereocenters. The zero-order valence-electron chi connectivity index (χ0n) is 6.93. The van der Waals surface area contributed by atoms with E-state index in [0.717, 1.165) is 0 Å². The second-order valence-electron chi connectivity index (χ2n) is 2.60. The van der Waals surface area contributed by atoms with Crippen LogP contribution in [-0.4, -0.2) is 22.6 Å². The van der Waals surface area contributed by atoms with Gasteiger partial charge in [-0.15, -0.1) is 0 Å². The quantitative estimate of drug-likeness (QED) is 0.660. The monoisotopic (exact) mass is 181 g/mol. The van der Waals surface area contributed by atoms with E-state index in [1.54, 1.807) is 0 Å². The standard InChI is InChI=1S/C7H12F2O3/c1-3-6(12,4-2)7(8,9)5(10)11/h12H,3-4H2,1-2H3,(H,10,11)/p-1. The minimum absolute atomic E-state index is 0.329. The van der Waals surface area contributed by atoms with Crippen LogP contribution in [0.1, 0.15) is 26.7 Å². The van der Waals surface area contributed by atoms with Gasteiger partial charge in [0, 0.05) is 0 Å². The maximum atomic E-state index is 12.7. The van der Waals surface area contributed by atoms with E-state index in [0.29, 0.717) is 0 Å². The molecule has 0 saturated heterocycles. The summed E-state index contributed by atoms with van der Waals surface area (Å²) in [7, 11) is 0. The number of carbonyl (C=O) groups is 1. The normalized spacial score (nSPS) is 13.1. The summed E-state index contributed by atoms with van der Waals surface area (Å²) in [6, 6.07) is 0. The molecule has 0 rings (SSSR count). The minimum Gasteiger partial charge on any atom is -0.544 e. The maximum Gasteiger partial charge on any atom is 0.315 e. The number of aliphatic hydroxyl groups is 1. The van der Waals surface area contributed by atoms with E-state index in [1.807, 2.05) is 0 Å². The smallest absolute Gasteiger partial charge is 0.315 e. The first-order valence-electron chi connectivity index (χ1n) is 3.63. The van der Waals surface area contributed by atoms with Crippen molar-refractivity contribution >= 4 is 5.97 Å². The van der Waals surface area contributed by atoms with Crippen LogP contribution < -0.4 is 5.11 Å². The van der Waals surface area contributed by atoms with Crippen molar-refractivity contribution in [3.05, 3.63) is 0 Å². The third kappa shape index (κ3) is 1.55. The molecule has 3 nitrogen and oxygen atoms in total. The SMILES string of the molecule is CCC(O)(CC)C(F)(F)C(=O)[O-]. The summed E-state index contributed by atoms with van der Waals surface area (Å²) in [5.41, 5.74) is -2.49. The predicted octanol–water partition coefficient (Wildman–Crippen LogP) is -0.0773.